The molecule has 2 aromatic heterocycles. The second-order valence-electron chi connectivity index (χ2n) is 2.90. The number of anilines is 1. The first kappa shape index (κ1) is 9.92. The highest BCUT2D eigenvalue weighted by atomic mass is 32.2. The highest BCUT2D eigenvalue weighted by Gasteiger charge is 2.03. The Bertz CT molecular complexity index is 458. The first-order valence-electron chi connectivity index (χ1n) is 4.38. The maximum atomic E-state index is 5.62. The van der Waals surface area contributed by atoms with Gasteiger partial charge < -0.3 is 5.73 Å². The average molecular weight is 218 g/mol. The molecule has 0 radical (unpaired) electrons. The molecule has 76 valence electrons. The molecule has 0 bridgehead atoms. The number of nitrogen functional groups attached to an aromatic ring is 1. The molecule has 2 heterocycles. The summed E-state index contributed by atoms with van der Waals surface area (Å²) in [6, 6.07) is 5.71. The Balaban J connectivity index is 2.49. The van der Waals surface area contributed by atoms with Crippen LogP contribution in [-0.2, 0) is 0 Å². The minimum Gasteiger partial charge on any atom is -0.368 e. The molecule has 0 saturated carbocycles. The third-order valence-corrected chi connectivity index (χ3v) is 2.51. The summed E-state index contributed by atoms with van der Waals surface area (Å²) in [6.07, 6.45) is 5.43. The second kappa shape index (κ2) is 4.27. The fourth-order valence-electron chi connectivity index (χ4n) is 1.21. The van der Waals surface area contributed by atoms with Gasteiger partial charge in [-0.3, -0.25) is 4.98 Å². The van der Waals surface area contributed by atoms with E-state index in [1.165, 1.54) is 0 Å². The van der Waals surface area contributed by atoms with Gasteiger partial charge in [-0.05, 0) is 24.5 Å². The molecular formula is C10H10N4S. The molecule has 2 N–H and O–H groups in total. The van der Waals surface area contributed by atoms with Gasteiger partial charge in [-0.2, -0.15) is 0 Å². The van der Waals surface area contributed by atoms with E-state index in [0.29, 0.717) is 5.95 Å². The molecule has 5 heteroatoms. The third-order valence-electron chi connectivity index (χ3n) is 1.89. The minimum absolute atomic E-state index is 0.292. The standard InChI is InChI=1S/C10H10N4S/c1-15-9-5-8(13-10(11)14-9)7-3-2-4-12-6-7/h2-6H,1H3,(H2,11,13,14). The molecule has 0 aromatic carbocycles. The summed E-state index contributed by atoms with van der Waals surface area (Å²) in [5.41, 5.74) is 7.37. The van der Waals surface area contributed by atoms with Crippen molar-refractivity contribution in [1.29, 1.82) is 0 Å². The summed E-state index contributed by atoms with van der Waals surface area (Å²) in [5, 5.41) is 0.862. The minimum atomic E-state index is 0.292. The van der Waals surface area contributed by atoms with Crippen molar-refractivity contribution >= 4 is 17.7 Å². The van der Waals surface area contributed by atoms with Crippen LogP contribution >= 0.6 is 11.8 Å². The van der Waals surface area contributed by atoms with Crippen LogP contribution in [0.2, 0.25) is 0 Å². The molecule has 0 aliphatic rings. The van der Waals surface area contributed by atoms with Crippen LogP contribution in [0.3, 0.4) is 0 Å². The monoisotopic (exact) mass is 218 g/mol. The predicted molar refractivity (Wildman–Crippen MR) is 61.5 cm³/mol. The number of nitrogens with zero attached hydrogens (tertiary/aromatic N) is 3. The number of pyridine rings is 1. The molecule has 0 aliphatic carbocycles. The van der Waals surface area contributed by atoms with Gasteiger partial charge in [0.15, 0.2) is 0 Å². The van der Waals surface area contributed by atoms with Gasteiger partial charge in [0.2, 0.25) is 5.95 Å². The lowest BCUT2D eigenvalue weighted by Crippen LogP contribution is -1.97. The van der Waals surface area contributed by atoms with Crippen LogP contribution in [-0.4, -0.2) is 21.2 Å². The van der Waals surface area contributed by atoms with E-state index in [2.05, 4.69) is 15.0 Å². The Morgan fingerprint density at radius 1 is 1.33 bits per heavy atom. The molecule has 4 nitrogen and oxygen atoms in total. The first-order chi connectivity index (χ1) is 7.29. The number of hydrogen-bond donors (Lipinski definition) is 1. The zero-order valence-corrected chi connectivity index (χ0v) is 9.03. The largest absolute Gasteiger partial charge is 0.368 e. The van der Waals surface area contributed by atoms with Gasteiger partial charge in [0.25, 0.3) is 0 Å². The zero-order chi connectivity index (χ0) is 10.7. The van der Waals surface area contributed by atoms with Gasteiger partial charge in [-0.15, -0.1) is 11.8 Å². The third kappa shape index (κ3) is 2.24. The van der Waals surface area contributed by atoms with Crippen molar-refractivity contribution in [3.05, 3.63) is 30.6 Å². The SMILES string of the molecule is CSc1cc(-c2cccnc2)nc(N)n1. The molecule has 0 unspecified atom stereocenters. The van der Waals surface area contributed by atoms with Crippen LogP contribution in [0.1, 0.15) is 0 Å². The zero-order valence-electron chi connectivity index (χ0n) is 8.21. The summed E-state index contributed by atoms with van der Waals surface area (Å²) >= 11 is 1.54. The van der Waals surface area contributed by atoms with E-state index in [1.54, 1.807) is 24.2 Å². The summed E-state index contributed by atoms with van der Waals surface area (Å²) in [6.45, 7) is 0. The van der Waals surface area contributed by atoms with E-state index < -0.39 is 0 Å². The fraction of sp³-hybridized carbons (Fsp3) is 0.100. The Morgan fingerprint density at radius 3 is 2.87 bits per heavy atom. The van der Waals surface area contributed by atoms with Crippen molar-refractivity contribution in [1.82, 2.24) is 15.0 Å². The topological polar surface area (TPSA) is 64.7 Å². The highest BCUT2D eigenvalue weighted by molar-refractivity contribution is 7.98. The maximum absolute atomic E-state index is 5.62. The average Bonchev–Trinajstić information content (AvgIpc) is 2.29. The molecule has 2 aromatic rings. The molecule has 0 spiro atoms. The molecule has 2 rings (SSSR count). The van der Waals surface area contributed by atoms with E-state index >= 15 is 0 Å². The Kier molecular flexibility index (Phi) is 2.82. The number of nitrogens with two attached hydrogens (primary N) is 1. The number of thioether (sulfide) groups is 1. The Hall–Kier alpha value is -1.62. The highest BCUT2D eigenvalue weighted by Crippen LogP contribution is 2.21. The van der Waals surface area contributed by atoms with E-state index in [4.69, 9.17) is 5.73 Å². The number of rotatable bonds is 2. The van der Waals surface area contributed by atoms with Gasteiger partial charge >= 0.3 is 0 Å². The van der Waals surface area contributed by atoms with Gasteiger partial charge in [0.1, 0.15) is 5.03 Å². The summed E-state index contributed by atoms with van der Waals surface area (Å²) in [7, 11) is 0. The molecule has 0 atom stereocenters. The van der Waals surface area contributed by atoms with Crippen molar-refractivity contribution in [3.63, 3.8) is 0 Å². The van der Waals surface area contributed by atoms with Crippen molar-refractivity contribution in [2.24, 2.45) is 0 Å². The fourth-order valence-corrected chi connectivity index (χ4v) is 1.62. The van der Waals surface area contributed by atoms with Gasteiger partial charge in [0, 0.05) is 18.0 Å². The maximum Gasteiger partial charge on any atom is 0.221 e. The smallest absolute Gasteiger partial charge is 0.221 e. The van der Waals surface area contributed by atoms with E-state index in [0.717, 1.165) is 16.3 Å². The van der Waals surface area contributed by atoms with Crippen LogP contribution in [0.15, 0.2) is 35.6 Å². The molecule has 0 saturated heterocycles. The molecule has 15 heavy (non-hydrogen) atoms. The lowest BCUT2D eigenvalue weighted by Gasteiger charge is -2.03. The van der Waals surface area contributed by atoms with Crippen LogP contribution < -0.4 is 5.73 Å². The molecule has 0 aliphatic heterocycles. The molecular weight excluding hydrogens is 208 g/mol. The summed E-state index contributed by atoms with van der Waals surface area (Å²) in [5.74, 6) is 0.292. The van der Waals surface area contributed by atoms with E-state index in [1.807, 2.05) is 24.5 Å². The normalized spacial score (nSPS) is 10.2. The quantitative estimate of drug-likeness (QED) is 0.615. The van der Waals surface area contributed by atoms with Gasteiger partial charge in [-0.1, -0.05) is 0 Å². The Labute approximate surface area is 92.0 Å². The van der Waals surface area contributed by atoms with Gasteiger partial charge in [-0.25, -0.2) is 9.97 Å². The second-order valence-corrected chi connectivity index (χ2v) is 3.72. The van der Waals surface area contributed by atoms with E-state index in [-0.39, 0.29) is 0 Å². The number of hydrogen-bond acceptors (Lipinski definition) is 5. The Morgan fingerprint density at radius 2 is 2.20 bits per heavy atom. The summed E-state index contributed by atoms with van der Waals surface area (Å²) < 4.78 is 0. The first-order valence-corrected chi connectivity index (χ1v) is 5.61. The molecule has 0 fully saturated rings. The van der Waals surface area contributed by atoms with Crippen LogP contribution in [0.5, 0.6) is 0 Å². The van der Waals surface area contributed by atoms with Crippen molar-refractivity contribution in [3.8, 4) is 11.3 Å². The van der Waals surface area contributed by atoms with Crippen molar-refractivity contribution in [2.75, 3.05) is 12.0 Å². The van der Waals surface area contributed by atoms with Crippen LogP contribution in [0, 0.1) is 0 Å². The van der Waals surface area contributed by atoms with Crippen LogP contribution in [0.4, 0.5) is 5.95 Å². The molecule has 0 amide bonds. The van der Waals surface area contributed by atoms with Crippen molar-refractivity contribution in [2.45, 2.75) is 5.03 Å². The summed E-state index contributed by atoms with van der Waals surface area (Å²) in [4.78, 5) is 12.3. The van der Waals surface area contributed by atoms with Gasteiger partial charge in [0.05, 0.1) is 5.69 Å². The van der Waals surface area contributed by atoms with Crippen LogP contribution in [0.25, 0.3) is 11.3 Å². The lowest BCUT2D eigenvalue weighted by molar-refractivity contribution is 1.07. The van der Waals surface area contributed by atoms with E-state index in [9.17, 15) is 0 Å². The van der Waals surface area contributed by atoms with Crippen molar-refractivity contribution < 1.29 is 0 Å². The lowest BCUT2D eigenvalue weighted by atomic mass is 10.2. The predicted octanol–water partition coefficient (Wildman–Crippen LogP) is 1.84. The number of aromatic nitrogens is 3.